The molecule has 0 unspecified atom stereocenters. The van der Waals surface area contributed by atoms with Crippen LogP contribution in [0.5, 0.6) is 0 Å². The molecule has 2 aromatic rings. The molecular weight excluding hydrogens is 310 g/mol. The fourth-order valence-electron chi connectivity index (χ4n) is 2.75. The first kappa shape index (κ1) is 15.6. The molecule has 0 radical (unpaired) electrons. The van der Waals surface area contributed by atoms with E-state index in [1.807, 2.05) is 5.38 Å². The number of rotatable bonds is 5. The molecule has 0 saturated carbocycles. The van der Waals surface area contributed by atoms with E-state index in [4.69, 9.17) is 0 Å². The zero-order valence-electron chi connectivity index (χ0n) is 12.9. The summed E-state index contributed by atoms with van der Waals surface area (Å²) in [5, 5.41) is 5.10. The second-order valence-electron chi connectivity index (χ2n) is 5.68. The van der Waals surface area contributed by atoms with Crippen molar-refractivity contribution < 1.29 is 4.79 Å². The van der Waals surface area contributed by atoms with Crippen molar-refractivity contribution in [1.82, 2.24) is 5.32 Å². The lowest BCUT2D eigenvalue weighted by Gasteiger charge is -2.12. The van der Waals surface area contributed by atoms with Gasteiger partial charge in [-0.15, -0.1) is 23.1 Å². The van der Waals surface area contributed by atoms with Gasteiger partial charge in [-0.05, 0) is 50.3 Å². The van der Waals surface area contributed by atoms with Gasteiger partial charge in [0.1, 0.15) is 0 Å². The Kier molecular flexibility index (Phi) is 5.21. The number of amides is 1. The van der Waals surface area contributed by atoms with Crippen LogP contribution in [0.3, 0.4) is 0 Å². The lowest BCUT2D eigenvalue weighted by molar-refractivity contribution is 0.0955. The number of nitrogens with one attached hydrogen (secondary N) is 1. The monoisotopic (exact) mass is 331 g/mol. The third-order valence-corrected chi connectivity index (χ3v) is 6.09. The summed E-state index contributed by atoms with van der Waals surface area (Å²) in [4.78, 5) is 15.0. The van der Waals surface area contributed by atoms with Crippen LogP contribution in [0.25, 0.3) is 0 Å². The van der Waals surface area contributed by atoms with Crippen LogP contribution in [0.15, 0.2) is 34.5 Å². The molecule has 0 spiro atoms. The van der Waals surface area contributed by atoms with E-state index in [1.165, 1.54) is 33.7 Å². The predicted molar refractivity (Wildman–Crippen MR) is 95.2 cm³/mol. The molecule has 1 aliphatic rings. The number of carbonyl (C=O) groups excluding carboxylic acids is 1. The van der Waals surface area contributed by atoms with Crippen LogP contribution in [-0.2, 0) is 12.8 Å². The van der Waals surface area contributed by atoms with Gasteiger partial charge in [-0.25, -0.2) is 0 Å². The first-order chi connectivity index (χ1) is 10.7. The number of carbonyl (C=O) groups is 1. The average Bonchev–Trinajstić information content (AvgIpc) is 2.97. The summed E-state index contributed by atoms with van der Waals surface area (Å²) in [6.07, 6.45) is 4.70. The van der Waals surface area contributed by atoms with Gasteiger partial charge >= 0.3 is 0 Å². The molecule has 0 bridgehead atoms. The predicted octanol–water partition coefficient (Wildman–Crippen LogP) is 4.46. The molecule has 2 nitrogen and oxygen atoms in total. The van der Waals surface area contributed by atoms with Gasteiger partial charge in [-0.2, -0.15) is 0 Å². The second-order valence-corrected chi connectivity index (χ2v) is 7.81. The molecule has 4 heteroatoms. The topological polar surface area (TPSA) is 29.1 Å². The van der Waals surface area contributed by atoms with Gasteiger partial charge < -0.3 is 5.32 Å². The minimum Gasteiger partial charge on any atom is -0.351 e. The fraction of sp³-hybridized carbons (Fsp3) is 0.389. The average molecular weight is 332 g/mol. The Morgan fingerprint density at radius 2 is 2.00 bits per heavy atom. The van der Waals surface area contributed by atoms with E-state index in [0.717, 1.165) is 24.2 Å². The third-order valence-electron chi connectivity index (χ3n) is 3.98. The van der Waals surface area contributed by atoms with Crippen LogP contribution in [0, 0.1) is 6.92 Å². The number of fused-ring (bicyclic) bond motifs is 1. The van der Waals surface area contributed by atoms with E-state index < -0.39 is 0 Å². The Labute approximate surface area is 140 Å². The maximum absolute atomic E-state index is 12.3. The van der Waals surface area contributed by atoms with Crippen LogP contribution in [0.4, 0.5) is 0 Å². The summed E-state index contributed by atoms with van der Waals surface area (Å²) in [5.41, 5.74) is 3.50. The van der Waals surface area contributed by atoms with Crippen LogP contribution in [0.2, 0.25) is 0 Å². The highest BCUT2D eigenvalue weighted by Crippen LogP contribution is 2.30. The zero-order chi connectivity index (χ0) is 15.4. The van der Waals surface area contributed by atoms with Crippen molar-refractivity contribution in [2.75, 3.05) is 12.3 Å². The lowest BCUT2D eigenvalue weighted by atomic mass is 9.96. The molecule has 3 rings (SSSR count). The number of aryl methyl sites for hydroxylation is 2. The molecule has 1 aliphatic carbocycles. The largest absolute Gasteiger partial charge is 0.351 e. The maximum Gasteiger partial charge on any atom is 0.252 e. The van der Waals surface area contributed by atoms with Crippen molar-refractivity contribution in [1.29, 1.82) is 0 Å². The highest BCUT2D eigenvalue weighted by Gasteiger charge is 2.19. The van der Waals surface area contributed by atoms with Gasteiger partial charge in [0.15, 0.2) is 0 Å². The maximum atomic E-state index is 12.3. The van der Waals surface area contributed by atoms with Crippen molar-refractivity contribution in [3.63, 3.8) is 0 Å². The van der Waals surface area contributed by atoms with E-state index >= 15 is 0 Å². The minimum atomic E-state index is 0.101. The van der Waals surface area contributed by atoms with Crippen LogP contribution in [-0.4, -0.2) is 18.2 Å². The smallest absolute Gasteiger partial charge is 0.252 e. The molecule has 0 saturated heterocycles. The van der Waals surface area contributed by atoms with E-state index in [2.05, 4.69) is 36.5 Å². The van der Waals surface area contributed by atoms with Crippen molar-refractivity contribution in [3.05, 3.63) is 51.2 Å². The first-order valence-corrected chi connectivity index (χ1v) is 9.67. The van der Waals surface area contributed by atoms with Crippen LogP contribution >= 0.6 is 23.1 Å². The quantitative estimate of drug-likeness (QED) is 0.647. The minimum absolute atomic E-state index is 0.101. The standard InChI is InChI=1S/C18H21NOS2/c1-13-6-8-14(9-7-13)21-11-10-19-18(20)16-12-22-17-5-3-2-4-15(16)17/h6-9,12H,2-5,10-11H2,1H3,(H,19,20). The normalized spacial score (nSPS) is 13.7. The van der Waals surface area contributed by atoms with Crippen molar-refractivity contribution in [2.24, 2.45) is 0 Å². The SMILES string of the molecule is Cc1ccc(SCCNC(=O)c2csc3c2CCCC3)cc1. The Morgan fingerprint density at radius 1 is 1.23 bits per heavy atom. The molecule has 22 heavy (non-hydrogen) atoms. The molecule has 1 aromatic heterocycles. The van der Waals surface area contributed by atoms with Gasteiger partial charge in [0, 0.05) is 27.5 Å². The number of thioether (sulfide) groups is 1. The molecular formula is C18H21NOS2. The van der Waals surface area contributed by atoms with E-state index in [1.54, 1.807) is 23.1 Å². The molecule has 1 aromatic carbocycles. The highest BCUT2D eigenvalue weighted by atomic mass is 32.2. The lowest BCUT2D eigenvalue weighted by Crippen LogP contribution is -2.26. The second kappa shape index (κ2) is 7.34. The van der Waals surface area contributed by atoms with Crippen molar-refractivity contribution in [3.8, 4) is 0 Å². The molecule has 0 atom stereocenters. The third kappa shape index (κ3) is 3.73. The first-order valence-electron chi connectivity index (χ1n) is 7.81. The van der Waals surface area contributed by atoms with E-state index in [0.29, 0.717) is 6.54 Å². The molecule has 1 heterocycles. The highest BCUT2D eigenvalue weighted by molar-refractivity contribution is 7.99. The molecule has 116 valence electrons. The van der Waals surface area contributed by atoms with Gasteiger partial charge in [-0.1, -0.05) is 17.7 Å². The zero-order valence-corrected chi connectivity index (χ0v) is 14.5. The summed E-state index contributed by atoms with van der Waals surface area (Å²) in [6, 6.07) is 8.52. The summed E-state index contributed by atoms with van der Waals surface area (Å²) in [6.45, 7) is 2.80. The molecule has 1 amide bonds. The van der Waals surface area contributed by atoms with Gasteiger partial charge in [0.05, 0.1) is 5.56 Å². The van der Waals surface area contributed by atoms with Crippen molar-refractivity contribution in [2.45, 2.75) is 37.5 Å². The van der Waals surface area contributed by atoms with E-state index in [-0.39, 0.29) is 5.91 Å². The fourth-order valence-corrected chi connectivity index (χ4v) is 4.64. The van der Waals surface area contributed by atoms with E-state index in [9.17, 15) is 4.79 Å². The molecule has 1 N–H and O–H groups in total. The van der Waals surface area contributed by atoms with Crippen LogP contribution in [0.1, 0.15) is 39.2 Å². The Morgan fingerprint density at radius 3 is 2.82 bits per heavy atom. The Hall–Kier alpha value is -1.26. The number of thiophene rings is 1. The van der Waals surface area contributed by atoms with Gasteiger partial charge in [0.2, 0.25) is 0 Å². The summed E-state index contributed by atoms with van der Waals surface area (Å²) in [5.74, 6) is 1.00. The summed E-state index contributed by atoms with van der Waals surface area (Å²) in [7, 11) is 0. The summed E-state index contributed by atoms with van der Waals surface area (Å²) >= 11 is 3.54. The Balaban J connectivity index is 1.48. The van der Waals surface area contributed by atoms with Gasteiger partial charge in [-0.3, -0.25) is 4.79 Å². The number of benzene rings is 1. The summed E-state index contributed by atoms with van der Waals surface area (Å²) < 4.78 is 0. The van der Waals surface area contributed by atoms with Crippen molar-refractivity contribution >= 4 is 29.0 Å². The van der Waals surface area contributed by atoms with Crippen LogP contribution < -0.4 is 5.32 Å². The molecule has 0 aliphatic heterocycles. The number of hydrogen-bond acceptors (Lipinski definition) is 3. The Bertz CT molecular complexity index is 646. The van der Waals surface area contributed by atoms with Gasteiger partial charge in [0.25, 0.3) is 5.91 Å². The number of hydrogen-bond donors (Lipinski definition) is 1. The molecule has 0 fully saturated rings.